The van der Waals surface area contributed by atoms with Gasteiger partial charge in [-0.05, 0) is 42.8 Å². The summed E-state index contributed by atoms with van der Waals surface area (Å²) in [5.74, 6) is -1.17. The van der Waals surface area contributed by atoms with Crippen molar-refractivity contribution in [2.45, 2.75) is 19.2 Å². The standard InChI is InChI=1S/C23H18ClF3N2O3/c1-14(15-7-3-2-4-8-15)32-20-12-11-16(13-18(20)23(25,26)27)28-22(31)29-21(30)17-9-5-6-10-19(17)24/h2-14H,1H3,(H2,28,29,30,31). The molecule has 2 N–H and O–H groups in total. The lowest BCUT2D eigenvalue weighted by atomic mass is 10.1. The molecule has 3 rings (SSSR count). The Morgan fingerprint density at radius 3 is 2.28 bits per heavy atom. The summed E-state index contributed by atoms with van der Waals surface area (Å²) in [6, 6.07) is 17.0. The quantitative estimate of drug-likeness (QED) is 0.457. The summed E-state index contributed by atoms with van der Waals surface area (Å²) in [5, 5.41) is 4.37. The van der Waals surface area contributed by atoms with E-state index < -0.39 is 29.8 Å². The molecule has 0 fully saturated rings. The fourth-order valence-corrected chi connectivity index (χ4v) is 3.11. The number of rotatable bonds is 5. The Hall–Kier alpha value is -3.52. The minimum atomic E-state index is -4.73. The number of ether oxygens (including phenoxy) is 1. The normalized spacial score (nSPS) is 12.0. The van der Waals surface area contributed by atoms with E-state index >= 15 is 0 Å². The van der Waals surface area contributed by atoms with Gasteiger partial charge in [0.2, 0.25) is 0 Å². The molecule has 3 aromatic carbocycles. The zero-order valence-electron chi connectivity index (χ0n) is 16.7. The van der Waals surface area contributed by atoms with Crippen LogP contribution in [0.1, 0.15) is 34.5 Å². The second kappa shape index (κ2) is 9.74. The number of alkyl halides is 3. The average Bonchev–Trinajstić information content (AvgIpc) is 2.74. The third kappa shape index (κ3) is 5.79. The minimum absolute atomic E-state index is 0.0546. The van der Waals surface area contributed by atoms with Crippen molar-refractivity contribution in [3.63, 3.8) is 0 Å². The second-order valence-corrected chi connectivity index (χ2v) is 7.17. The van der Waals surface area contributed by atoms with Crippen molar-refractivity contribution < 1.29 is 27.5 Å². The molecular formula is C23H18ClF3N2O3. The van der Waals surface area contributed by atoms with Crippen LogP contribution in [0.5, 0.6) is 5.75 Å². The first kappa shape index (κ1) is 23.1. The minimum Gasteiger partial charge on any atom is -0.485 e. The van der Waals surface area contributed by atoms with Crippen molar-refractivity contribution >= 4 is 29.2 Å². The Bertz CT molecular complexity index is 1120. The van der Waals surface area contributed by atoms with E-state index in [1.54, 1.807) is 49.4 Å². The van der Waals surface area contributed by atoms with E-state index in [1.165, 1.54) is 18.2 Å². The number of carbonyl (C=O) groups is 2. The topological polar surface area (TPSA) is 67.4 Å². The zero-order chi connectivity index (χ0) is 23.3. The van der Waals surface area contributed by atoms with Gasteiger partial charge in [0.25, 0.3) is 5.91 Å². The van der Waals surface area contributed by atoms with E-state index in [9.17, 15) is 22.8 Å². The van der Waals surface area contributed by atoms with Crippen LogP contribution in [0.2, 0.25) is 5.02 Å². The maximum atomic E-state index is 13.6. The first-order valence-corrected chi connectivity index (χ1v) is 9.82. The van der Waals surface area contributed by atoms with Crippen molar-refractivity contribution in [2.75, 3.05) is 5.32 Å². The number of carbonyl (C=O) groups excluding carboxylic acids is 2. The lowest BCUT2D eigenvalue weighted by Gasteiger charge is -2.20. The third-order valence-electron chi connectivity index (χ3n) is 4.46. The fraction of sp³-hybridized carbons (Fsp3) is 0.130. The number of halogens is 4. The van der Waals surface area contributed by atoms with Crippen LogP contribution in [0.4, 0.5) is 23.7 Å². The molecule has 0 aromatic heterocycles. The van der Waals surface area contributed by atoms with Gasteiger partial charge < -0.3 is 10.1 Å². The molecule has 9 heteroatoms. The van der Waals surface area contributed by atoms with Crippen molar-refractivity contribution in [1.29, 1.82) is 0 Å². The zero-order valence-corrected chi connectivity index (χ0v) is 17.5. The van der Waals surface area contributed by atoms with Crippen molar-refractivity contribution in [3.8, 4) is 5.75 Å². The molecule has 0 aliphatic rings. The number of amides is 3. The first-order valence-electron chi connectivity index (χ1n) is 9.45. The van der Waals surface area contributed by atoms with E-state index in [0.717, 1.165) is 12.1 Å². The van der Waals surface area contributed by atoms with Crippen LogP contribution in [0, 0.1) is 0 Å². The molecule has 0 bridgehead atoms. The molecule has 1 atom stereocenters. The molecule has 0 saturated heterocycles. The molecule has 1 unspecified atom stereocenters. The second-order valence-electron chi connectivity index (χ2n) is 6.77. The molecule has 0 radical (unpaired) electrons. The van der Waals surface area contributed by atoms with Crippen molar-refractivity contribution in [1.82, 2.24) is 5.32 Å². The number of nitrogens with one attached hydrogen (secondary N) is 2. The molecular weight excluding hydrogens is 445 g/mol. The summed E-state index contributed by atoms with van der Waals surface area (Å²) in [5.41, 5.74) is -0.462. The number of urea groups is 1. The predicted octanol–water partition coefficient (Wildman–Crippen LogP) is 6.46. The van der Waals surface area contributed by atoms with Gasteiger partial charge in [-0.3, -0.25) is 10.1 Å². The van der Waals surface area contributed by atoms with Gasteiger partial charge in [0.1, 0.15) is 11.9 Å². The molecule has 0 aliphatic carbocycles. The van der Waals surface area contributed by atoms with Gasteiger partial charge in [-0.25, -0.2) is 4.79 Å². The number of hydrogen-bond acceptors (Lipinski definition) is 3. The molecule has 3 amide bonds. The molecule has 166 valence electrons. The number of benzene rings is 3. The first-order chi connectivity index (χ1) is 15.1. The Morgan fingerprint density at radius 2 is 1.62 bits per heavy atom. The predicted molar refractivity (Wildman–Crippen MR) is 115 cm³/mol. The molecule has 3 aromatic rings. The van der Waals surface area contributed by atoms with Crippen LogP contribution in [0.25, 0.3) is 0 Å². The lowest BCUT2D eigenvalue weighted by Crippen LogP contribution is -2.34. The largest absolute Gasteiger partial charge is 0.485 e. The van der Waals surface area contributed by atoms with Crippen LogP contribution in [0.3, 0.4) is 0 Å². The molecule has 0 aliphatic heterocycles. The van der Waals surface area contributed by atoms with E-state index in [0.29, 0.717) is 5.56 Å². The van der Waals surface area contributed by atoms with Crippen LogP contribution in [-0.4, -0.2) is 11.9 Å². The average molecular weight is 463 g/mol. The van der Waals surface area contributed by atoms with Gasteiger partial charge in [-0.2, -0.15) is 13.2 Å². The molecule has 0 saturated carbocycles. The molecule has 32 heavy (non-hydrogen) atoms. The van der Waals surface area contributed by atoms with Crippen LogP contribution in [-0.2, 0) is 6.18 Å². The highest BCUT2D eigenvalue weighted by molar-refractivity contribution is 6.34. The number of imide groups is 1. The van der Waals surface area contributed by atoms with Crippen molar-refractivity contribution in [3.05, 3.63) is 94.5 Å². The Kier molecular flexibility index (Phi) is 7.05. The Balaban J connectivity index is 1.76. The summed E-state index contributed by atoms with van der Waals surface area (Å²) < 4.78 is 46.4. The summed E-state index contributed by atoms with van der Waals surface area (Å²) in [6.45, 7) is 1.63. The summed E-state index contributed by atoms with van der Waals surface area (Å²) in [7, 11) is 0. The van der Waals surface area contributed by atoms with E-state index in [4.69, 9.17) is 16.3 Å². The highest BCUT2D eigenvalue weighted by Crippen LogP contribution is 2.39. The van der Waals surface area contributed by atoms with Gasteiger partial charge in [0.05, 0.1) is 16.1 Å². The highest BCUT2D eigenvalue weighted by Gasteiger charge is 2.35. The monoisotopic (exact) mass is 462 g/mol. The third-order valence-corrected chi connectivity index (χ3v) is 4.79. The van der Waals surface area contributed by atoms with Gasteiger partial charge in [-0.15, -0.1) is 0 Å². The van der Waals surface area contributed by atoms with Crippen LogP contribution >= 0.6 is 11.6 Å². The summed E-state index contributed by atoms with van der Waals surface area (Å²) in [6.07, 6.45) is -5.36. The number of anilines is 1. The van der Waals surface area contributed by atoms with E-state index in [2.05, 4.69) is 5.32 Å². The Labute approximate surface area is 187 Å². The summed E-state index contributed by atoms with van der Waals surface area (Å²) in [4.78, 5) is 24.3. The van der Waals surface area contributed by atoms with Gasteiger partial charge in [0, 0.05) is 5.69 Å². The Morgan fingerprint density at radius 1 is 0.969 bits per heavy atom. The van der Waals surface area contributed by atoms with Gasteiger partial charge in [0.15, 0.2) is 0 Å². The van der Waals surface area contributed by atoms with Crippen LogP contribution < -0.4 is 15.4 Å². The summed E-state index contributed by atoms with van der Waals surface area (Å²) >= 11 is 5.91. The number of hydrogen-bond donors (Lipinski definition) is 2. The highest BCUT2D eigenvalue weighted by atomic mass is 35.5. The smallest absolute Gasteiger partial charge is 0.420 e. The van der Waals surface area contributed by atoms with E-state index in [1.807, 2.05) is 5.32 Å². The van der Waals surface area contributed by atoms with Gasteiger partial charge in [-0.1, -0.05) is 54.1 Å². The molecule has 0 heterocycles. The SMILES string of the molecule is CC(Oc1ccc(NC(=O)NC(=O)c2ccccc2Cl)cc1C(F)(F)F)c1ccccc1. The van der Waals surface area contributed by atoms with Gasteiger partial charge >= 0.3 is 12.2 Å². The fourth-order valence-electron chi connectivity index (χ4n) is 2.89. The van der Waals surface area contributed by atoms with Crippen molar-refractivity contribution in [2.24, 2.45) is 0 Å². The molecule has 0 spiro atoms. The van der Waals surface area contributed by atoms with Crippen LogP contribution in [0.15, 0.2) is 72.8 Å². The maximum absolute atomic E-state index is 13.6. The van der Waals surface area contributed by atoms with E-state index in [-0.39, 0.29) is 22.0 Å². The maximum Gasteiger partial charge on any atom is 0.420 e. The molecule has 5 nitrogen and oxygen atoms in total. The lowest BCUT2D eigenvalue weighted by molar-refractivity contribution is -0.139.